The Morgan fingerprint density at radius 2 is 1.95 bits per heavy atom. The van der Waals surface area contributed by atoms with Crippen LogP contribution in [0.25, 0.3) is 0 Å². The van der Waals surface area contributed by atoms with E-state index in [-0.39, 0.29) is 12.0 Å². The SMILES string of the molecule is CCCNc1nc(OCC)nc(Oc2cnn(CC)c2)n1. The fourth-order valence-electron chi connectivity index (χ4n) is 1.57. The molecule has 8 nitrogen and oxygen atoms in total. The third-order valence-electron chi connectivity index (χ3n) is 2.54. The van der Waals surface area contributed by atoms with Crippen LogP contribution in [-0.4, -0.2) is 37.9 Å². The normalized spacial score (nSPS) is 10.4. The molecule has 114 valence electrons. The molecule has 0 saturated carbocycles. The molecule has 2 heterocycles. The third-order valence-corrected chi connectivity index (χ3v) is 2.54. The zero-order valence-electron chi connectivity index (χ0n) is 12.5. The summed E-state index contributed by atoms with van der Waals surface area (Å²) in [6.45, 7) is 7.95. The van der Waals surface area contributed by atoms with E-state index in [1.807, 2.05) is 13.8 Å². The summed E-state index contributed by atoms with van der Waals surface area (Å²) in [4.78, 5) is 12.5. The van der Waals surface area contributed by atoms with Gasteiger partial charge in [-0.05, 0) is 20.3 Å². The van der Waals surface area contributed by atoms with E-state index in [2.05, 4.69) is 32.3 Å². The second-order valence-electron chi connectivity index (χ2n) is 4.22. The predicted octanol–water partition coefficient (Wildman–Crippen LogP) is 2.10. The minimum absolute atomic E-state index is 0.183. The maximum absolute atomic E-state index is 5.60. The second kappa shape index (κ2) is 7.41. The third kappa shape index (κ3) is 4.30. The first-order valence-electron chi connectivity index (χ1n) is 7.08. The smallest absolute Gasteiger partial charge is 0.330 e. The van der Waals surface area contributed by atoms with Crippen molar-refractivity contribution in [2.24, 2.45) is 0 Å². The van der Waals surface area contributed by atoms with Crippen LogP contribution in [0.15, 0.2) is 12.4 Å². The molecule has 2 rings (SSSR count). The molecule has 0 radical (unpaired) electrons. The molecule has 8 heteroatoms. The summed E-state index contributed by atoms with van der Waals surface area (Å²) in [5, 5.41) is 7.23. The van der Waals surface area contributed by atoms with Gasteiger partial charge in [0, 0.05) is 13.1 Å². The van der Waals surface area contributed by atoms with Gasteiger partial charge >= 0.3 is 12.0 Å². The van der Waals surface area contributed by atoms with E-state index in [4.69, 9.17) is 9.47 Å². The molecular formula is C13H20N6O2. The van der Waals surface area contributed by atoms with E-state index in [1.165, 1.54) is 0 Å². The van der Waals surface area contributed by atoms with Crippen LogP contribution < -0.4 is 14.8 Å². The van der Waals surface area contributed by atoms with Crippen LogP contribution in [-0.2, 0) is 6.54 Å². The summed E-state index contributed by atoms with van der Waals surface area (Å²) in [7, 11) is 0. The van der Waals surface area contributed by atoms with E-state index in [0.717, 1.165) is 19.5 Å². The molecule has 0 saturated heterocycles. The maximum atomic E-state index is 5.60. The average molecular weight is 292 g/mol. The summed E-state index contributed by atoms with van der Waals surface area (Å²) in [5.74, 6) is 1.01. The lowest BCUT2D eigenvalue weighted by atomic mass is 10.5. The number of ether oxygens (including phenoxy) is 2. The van der Waals surface area contributed by atoms with Crippen LogP contribution in [0.1, 0.15) is 27.2 Å². The molecule has 0 fully saturated rings. The zero-order valence-corrected chi connectivity index (χ0v) is 12.5. The standard InChI is InChI=1S/C13H20N6O2/c1-4-7-14-11-16-12(20-6-3)18-13(17-11)21-10-8-15-19(5-2)9-10/h8-9H,4-7H2,1-3H3,(H,14,16,17,18). The molecule has 1 N–H and O–H groups in total. The molecule has 0 aliphatic heterocycles. The summed E-state index contributed by atoms with van der Waals surface area (Å²) >= 11 is 0. The first-order valence-corrected chi connectivity index (χ1v) is 7.08. The fourth-order valence-corrected chi connectivity index (χ4v) is 1.57. The molecule has 0 atom stereocenters. The fraction of sp³-hybridized carbons (Fsp3) is 0.538. The maximum Gasteiger partial charge on any atom is 0.330 e. The highest BCUT2D eigenvalue weighted by Crippen LogP contribution is 2.20. The monoisotopic (exact) mass is 292 g/mol. The molecule has 0 amide bonds. The van der Waals surface area contributed by atoms with E-state index in [1.54, 1.807) is 17.1 Å². The lowest BCUT2D eigenvalue weighted by Gasteiger charge is -2.08. The van der Waals surface area contributed by atoms with Gasteiger partial charge in [-0.2, -0.15) is 15.1 Å². The molecule has 0 aliphatic rings. The van der Waals surface area contributed by atoms with Crippen LogP contribution in [0.3, 0.4) is 0 Å². The first kappa shape index (κ1) is 15.0. The molecule has 2 aromatic rings. The first-order chi connectivity index (χ1) is 10.2. The summed E-state index contributed by atoms with van der Waals surface area (Å²) < 4.78 is 12.7. The van der Waals surface area contributed by atoms with Crippen LogP contribution in [0.2, 0.25) is 0 Å². The van der Waals surface area contributed by atoms with Crippen molar-refractivity contribution in [2.45, 2.75) is 33.7 Å². The van der Waals surface area contributed by atoms with Gasteiger partial charge in [0.2, 0.25) is 5.95 Å². The number of aryl methyl sites for hydroxylation is 1. The Labute approximate surface area is 123 Å². The van der Waals surface area contributed by atoms with Crippen molar-refractivity contribution in [3.63, 3.8) is 0 Å². The van der Waals surface area contributed by atoms with E-state index in [0.29, 0.717) is 18.3 Å². The zero-order chi connectivity index (χ0) is 15.1. The number of nitrogens with zero attached hydrogens (tertiary/aromatic N) is 5. The van der Waals surface area contributed by atoms with Crippen LogP contribution >= 0.6 is 0 Å². The molecule has 2 aromatic heterocycles. The Balaban J connectivity index is 2.17. The number of nitrogens with one attached hydrogen (secondary N) is 1. The van der Waals surface area contributed by atoms with Crippen molar-refractivity contribution in [1.29, 1.82) is 0 Å². The largest absolute Gasteiger partial charge is 0.464 e. The molecule has 0 aliphatic carbocycles. The Morgan fingerprint density at radius 3 is 2.62 bits per heavy atom. The minimum Gasteiger partial charge on any atom is -0.464 e. The summed E-state index contributed by atoms with van der Waals surface area (Å²) in [6, 6.07) is 0.423. The van der Waals surface area contributed by atoms with Gasteiger partial charge in [-0.25, -0.2) is 0 Å². The number of rotatable bonds is 8. The number of anilines is 1. The van der Waals surface area contributed by atoms with Gasteiger partial charge in [-0.15, -0.1) is 4.98 Å². The molecule has 0 spiro atoms. The Hall–Kier alpha value is -2.38. The summed E-state index contributed by atoms with van der Waals surface area (Å²) in [5.41, 5.74) is 0. The van der Waals surface area contributed by atoms with Gasteiger partial charge in [-0.3, -0.25) is 4.68 Å². The van der Waals surface area contributed by atoms with E-state index < -0.39 is 0 Å². The Bertz CT molecular complexity index is 572. The summed E-state index contributed by atoms with van der Waals surface area (Å²) in [6.07, 6.45) is 4.37. The number of aromatic nitrogens is 5. The van der Waals surface area contributed by atoms with Gasteiger partial charge in [-0.1, -0.05) is 6.92 Å². The molecule has 0 aromatic carbocycles. The van der Waals surface area contributed by atoms with Crippen molar-refractivity contribution in [3.8, 4) is 17.8 Å². The van der Waals surface area contributed by atoms with Crippen molar-refractivity contribution in [2.75, 3.05) is 18.5 Å². The van der Waals surface area contributed by atoms with Gasteiger partial charge in [0.15, 0.2) is 5.75 Å². The van der Waals surface area contributed by atoms with Gasteiger partial charge in [0.25, 0.3) is 0 Å². The Morgan fingerprint density at radius 1 is 1.14 bits per heavy atom. The van der Waals surface area contributed by atoms with Crippen LogP contribution in [0.4, 0.5) is 5.95 Å². The predicted molar refractivity (Wildman–Crippen MR) is 77.8 cm³/mol. The van der Waals surface area contributed by atoms with Gasteiger partial charge in [0.1, 0.15) is 0 Å². The van der Waals surface area contributed by atoms with Gasteiger partial charge < -0.3 is 14.8 Å². The lowest BCUT2D eigenvalue weighted by molar-refractivity contribution is 0.304. The van der Waals surface area contributed by atoms with Crippen molar-refractivity contribution in [1.82, 2.24) is 24.7 Å². The molecule has 0 unspecified atom stereocenters. The minimum atomic E-state index is 0.183. The van der Waals surface area contributed by atoms with Crippen molar-refractivity contribution < 1.29 is 9.47 Å². The topological polar surface area (TPSA) is 87.0 Å². The average Bonchev–Trinajstić information content (AvgIpc) is 2.93. The highest BCUT2D eigenvalue weighted by atomic mass is 16.5. The number of hydrogen-bond acceptors (Lipinski definition) is 7. The van der Waals surface area contributed by atoms with Crippen LogP contribution in [0, 0.1) is 0 Å². The van der Waals surface area contributed by atoms with Crippen LogP contribution in [0.5, 0.6) is 17.8 Å². The van der Waals surface area contributed by atoms with Crippen molar-refractivity contribution in [3.05, 3.63) is 12.4 Å². The highest BCUT2D eigenvalue weighted by Gasteiger charge is 2.10. The van der Waals surface area contributed by atoms with Crippen molar-refractivity contribution >= 4 is 5.95 Å². The lowest BCUT2D eigenvalue weighted by Crippen LogP contribution is -2.08. The van der Waals surface area contributed by atoms with E-state index >= 15 is 0 Å². The molecular weight excluding hydrogens is 272 g/mol. The van der Waals surface area contributed by atoms with E-state index in [9.17, 15) is 0 Å². The Kier molecular flexibility index (Phi) is 5.30. The quantitative estimate of drug-likeness (QED) is 0.797. The highest BCUT2D eigenvalue weighted by molar-refractivity contribution is 5.29. The van der Waals surface area contributed by atoms with Gasteiger partial charge in [0.05, 0.1) is 19.0 Å². The second-order valence-corrected chi connectivity index (χ2v) is 4.22. The molecule has 21 heavy (non-hydrogen) atoms. The molecule has 0 bridgehead atoms. The number of hydrogen-bond donors (Lipinski definition) is 1.